The normalized spacial score (nSPS) is 11.7. The lowest BCUT2D eigenvalue weighted by Gasteiger charge is -2.00. The number of nitrogens with zero attached hydrogens (tertiary/aromatic N) is 2. The molecule has 0 fully saturated rings. The Hall–Kier alpha value is -1.75. The van der Waals surface area contributed by atoms with Crippen molar-refractivity contribution in [3.63, 3.8) is 0 Å². The summed E-state index contributed by atoms with van der Waals surface area (Å²) < 4.78 is 13.0. The van der Waals surface area contributed by atoms with E-state index in [9.17, 15) is 4.39 Å². The van der Waals surface area contributed by atoms with Crippen molar-refractivity contribution in [2.45, 2.75) is 6.42 Å². The molecule has 0 amide bonds. The van der Waals surface area contributed by atoms with Crippen LogP contribution in [0.1, 0.15) is 5.56 Å². The summed E-state index contributed by atoms with van der Waals surface area (Å²) in [4.78, 5) is 9.01. The molecule has 2 aromatic rings. The average molecular weight is 236 g/mol. The first kappa shape index (κ1) is 10.8. The fraction of sp³-hybridized carbons (Fsp3) is 0.0909. The van der Waals surface area contributed by atoms with Crippen LogP contribution in [0.25, 0.3) is 10.6 Å². The maximum Gasteiger partial charge on any atom is 0.138 e. The highest BCUT2D eigenvalue weighted by Gasteiger charge is 2.09. The van der Waals surface area contributed by atoms with E-state index in [4.69, 9.17) is 5.11 Å². The Morgan fingerprint density at radius 3 is 3.06 bits per heavy atom. The van der Waals surface area contributed by atoms with Gasteiger partial charge in [-0.05, 0) is 17.0 Å². The van der Waals surface area contributed by atoms with E-state index in [1.54, 1.807) is 18.6 Å². The van der Waals surface area contributed by atoms with E-state index in [0.717, 1.165) is 16.1 Å². The highest BCUT2D eigenvalue weighted by molar-refractivity contribution is 7.13. The first-order valence-corrected chi connectivity index (χ1v) is 5.50. The maximum absolute atomic E-state index is 13.0. The van der Waals surface area contributed by atoms with Crippen molar-refractivity contribution in [3.8, 4) is 10.6 Å². The fourth-order valence-electron chi connectivity index (χ4n) is 1.34. The van der Waals surface area contributed by atoms with Gasteiger partial charge in [-0.2, -0.15) is 0 Å². The minimum absolute atomic E-state index is 0.0753. The summed E-state index contributed by atoms with van der Waals surface area (Å²) in [6.07, 6.45) is 5.38. The van der Waals surface area contributed by atoms with Crippen LogP contribution in [0, 0.1) is 0 Å². The minimum atomic E-state index is -0.566. The summed E-state index contributed by atoms with van der Waals surface area (Å²) in [6, 6.07) is 1.82. The molecule has 0 aliphatic carbocycles. The first-order chi connectivity index (χ1) is 7.81. The van der Waals surface area contributed by atoms with Gasteiger partial charge < -0.3 is 5.11 Å². The molecule has 0 bridgehead atoms. The molecule has 0 spiro atoms. The fourth-order valence-corrected chi connectivity index (χ4v) is 2.23. The van der Waals surface area contributed by atoms with Crippen LogP contribution in [0.5, 0.6) is 0 Å². The summed E-state index contributed by atoms with van der Waals surface area (Å²) >= 11 is 1.48. The van der Waals surface area contributed by atoms with Crippen molar-refractivity contribution >= 4 is 11.3 Å². The van der Waals surface area contributed by atoms with Crippen LogP contribution >= 0.6 is 11.3 Å². The largest absolute Gasteiger partial charge is 0.513 e. The van der Waals surface area contributed by atoms with Gasteiger partial charge in [0.15, 0.2) is 0 Å². The molecular formula is C11H9FN2OS. The second kappa shape index (κ2) is 4.85. The van der Waals surface area contributed by atoms with Crippen LogP contribution in [0.3, 0.4) is 0 Å². The molecule has 0 saturated heterocycles. The van der Waals surface area contributed by atoms with Gasteiger partial charge >= 0.3 is 0 Å². The number of thiophene rings is 1. The van der Waals surface area contributed by atoms with Crippen LogP contribution in [0.15, 0.2) is 42.1 Å². The Morgan fingerprint density at radius 1 is 1.50 bits per heavy atom. The monoisotopic (exact) mass is 236 g/mol. The van der Waals surface area contributed by atoms with Crippen molar-refractivity contribution in [3.05, 3.63) is 47.7 Å². The molecule has 0 atom stereocenters. The number of allylic oxidation sites excluding steroid dienone is 1. The molecule has 0 unspecified atom stereocenters. The average Bonchev–Trinajstić information content (AvgIpc) is 2.78. The Bertz CT molecular complexity index is 496. The summed E-state index contributed by atoms with van der Waals surface area (Å²) in [7, 11) is 0. The van der Waals surface area contributed by atoms with Crippen LogP contribution in [0.2, 0.25) is 0 Å². The van der Waals surface area contributed by atoms with Crippen LogP contribution < -0.4 is 0 Å². The van der Waals surface area contributed by atoms with Gasteiger partial charge in [0, 0.05) is 18.8 Å². The summed E-state index contributed by atoms with van der Waals surface area (Å²) in [6.45, 7) is 0. The molecule has 0 radical (unpaired) electrons. The van der Waals surface area contributed by atoms with Crippen LogP contribution in [-0.2, 0) is 6.42 Å². The molecule has 0 aliphatic rings. The lowest BCUT2D eigenvalue weighted by atomic mass is 10.1. The molecule has 0 aliphatic heterocycles. The van der Waals surface area contributed by atoms with E-state index in [-0.39, 0.29) is 6.42 Å². The number of hydrogen-bond donors (Lipinski definition) is 1. The Kier molecular flexibility index (Phi) is 3.26. The smallest absolute Gasteiger partial charge is 0.138 e. The predicted octanol–water partition coefficient (Wildman–Crippen LogP) is 3.12. The zero-order valence-electron chi connectivity index (χ0n) is 8.30. The highest BCUT2D eigenvalue weighted by atomic mass is 32.1. The van der Waals surface area contributed by atoms with Crippen LogP contribution in [0.4, 0.5) is 4.39 Å². The lowest BCUT2D eigenvalue weighted by molar-refractivity contribution is 0.435. The van der Waals surface area contributed by atoms with E-state index >= 15 is 0 Å². The molecule has 3 nitrogen and oxygen atoms in total. The summed E-state index contributed by atoms with van der Waals surface area (Å²) in [5.74, 6) is -0.566. The second-order valence-electron chi connectivity index (χ2n) is 3.12. The number of aliphatic hydroxyl groups is 1. The molecule has 82 valence electrons. The number of halogens is 1. The van der Waals surface area contributed by atoms with E-state index in [1.165, 1.54) is 11.3 Å². The first-order valence-electron chi connectivity index (χ1n) is 4.63. The van der Waals surface area contributed by atoms with E-state index < -0.39 is 5.83 Å². The predicted molar refractivity (Wildman–Crippen MR) is 60.9 cm³/mol. The lowest BCUT2D eigenvalue weighted by Crippen LogP contribution is -1.88. The Morgan fingerprint density at radius 2 is 2.38 bits per heavy atom. The second-order valence-corrected chi connectivity index (χ2v) is 4.03. The van der Waals surface area contributed by atoms with Crippen molar-refractivity contribution in [2.75, 3.05) is 0 Å². The molecule has 2 aromatic heterocycles. The SMILES string of the molecule is O/C=C(\F)Cc1ccsc1-c1cnccn1. The van der Waals surface area contributed by atoms with Crippen molar-refractivity contribution < 1.29 is 9.50 Å². The number of aliphatic hydroxyl groups excluding tert-OH is 1. The van der Waals surface area contributed by atoms with E-state index in [0.29, 0.717) is 6.26 Å². The molecule has 0 saturated carbocycles. The van der Waals surface area contributed by atoms with Gasteiger partial charge in [0.2, 0.25) is 0 Å². The zero-order chi connectivity index (χ0) is 11.4. The number of aromatic nitrogens is 2. The van der Waals surface area contributed by atoms with Gasteiger partial charge in [0.1, 0.15) is 12.1 Å². The minimum Gasteiger partial charge on any atom is -0.513 e. The third kappa shape index (κ3) is 2.25. The van der Waals surface area contributed by atoms with Gasteiger partial charge in [-0.25, -0.2) is 4.39 Å². The van der Waals surface area contributed by atoms with Gasteiger partial charge in [0.25, 0.3) is 0 Å². The van der Waals surface area contributed by atoms with Crippen molar-refractivity contribution in [1.29, 1.82) is 0 Å². The van der Waals surface area contributed by atoms with Gasteiger partial charge in [-0.15, -0.1) is 11.3 Å². The molecule has 2 rings (SSSR count). The molecule has 0 aromatic carbocycles. The standard InChI is InChI=1S/C11H9FN2OS/c12-9(7-15)5-8-1-4-16-11(8)10-6-13-2-3-14-10/h1-4,6-7,15H,5H2/b9-7-. The van der Waals surface area contributed by atoms with Gasteiger partial charge in [-0.3, -0.25) is 9.97 Å². The van der Waals surface area contributed by atoms with Gasteiger partial charge in [-0.1, -0.05) is 0 Å². The molecule has 1 N–H and O–H groups in total. The van der Waals surface area contributed by atoms with E-state index in [1.807, 2.05) is 11.4 Å². The van der Waals surface area contributed by atoms with Crippen LogP contribution in [-0.4, -0.2) is 15.1 Å². The third-order valence-electron chi connectivity index (χ3n) is 2.04. The Labute approximate surface area is 95.9 Å². The van der Waals surface area contributed by atoms with Gasteiger partial charge in [0.05, 0.1) is 16.8 Å². The molecule has 5 heteroatoms. The number of hydrogen-bond acceptors (Lipinski definition) is 4. The maximum atomic E-state index is 13.0. The topological polar surface area (TPSA) is 46.0 Å². The highest BCUT2D eigenvalue weighted by Crippen LogP contribution is 2.29. The zero-order valence-corrected chi connectivity index (χ0v) is 9.12. The quantitative estimate of drug-likeness (QED) is 0.833. The van der Waals surface area contributed by atoms with E-state index in [2.05, 4.69) is 9.97 Å². The molecular weight excluding hydrogens is 227 g/mol. The summed E-state index contributed by atoms with van der Waals surface area (Å²) in [5, 5.41) is 10.4. The number of rotatable bonds is 3. The van der Waals surface area contributed by atoms with Crippen molar-refractivity contribution in [2.24, 2.45) is 0 Å². The molecule has 2 heterocycles. The van der Waals surface area contributed by atoms with Crippen molar-refractivity contribution in [1.82, 2.24) is 9.97 Å². The molecule has 16 heavy (non-hydrogen) atoms. The third-order valence-corrected chi connectivity index (χ3v) is 3.02. The summed E-state index contributed by atoms with van der Waals surface area (Å²) in [5.41, 5.74) is 1.52. The Balaban J connectivity index is 2.33.